The smallest absolute Gasteiger partial charge is 0.310 e. The number of aromatic nitrogens is 4. The maximum Gasteiger partial charge on any atom is 0.433 e. The third-order valence-electron chi connectivity index (χ3n) is 2.99. The molecule has 0 radical (unpaired) electrons. The van der Waals surface area contributed by atoms with Crippen molar-refractivity contribution in [1.29, 1.82) is 0 Å². The third-order valence-corrected chi connectivity index (χ3v) is 3.96. The van der Waals surface area contributed by atoms with Crippen LogP contribution >= 0.6 is 11.8 Å². The van der Waals surface area contributed by atoms with E-state index in [4.69, 9.17) is 0 Å². The van der Waals surface area contributed by atoms with Gasteiger partial charge in [0.15, 0.2) is 5.16 Å². The number of nitrogens with zero attached hydrogens (tertiary/aromatic N) is 4. The molecule has 0 aliphatic rings. The molecule has 1 amide bonds. The molecule has 0 aliphatic carbocycles. The molecule has 0 spiro atoms. The molecular formula is C14H16F3N5OS. The zero-order valence-corrected chi connectivity index (χ0v) is 14.0. The van der Waals surface area contributed by atoms with E-state index in [-0.39, 0.29) is 17.1 Å². The number of nitrogens with one attached hydrogen (secondary N) is 1. The van der Waals surface area contributed by atoms with Crippen LogP contribution in [0.5, 0.6) is 0 Å². The summed E-state index contributed by atoms with van der Waals surface area (Å²) in [5.74, 6) is 0.149. The predicted octanol–water partition coefficient (Wildman–Crippen LogP) is 3.39. The minimum absolute atomic E-state index is 0.0602. The number of thioether (sulfide) groups is 1. The Morgan fingerprint density at radius 1 is 1.25 bits per heavy atom. The van der Waals surface area contributed by atoms with Gasteiger partial charge in [0.1, 0.15) is 11.5 Å². The number of carbonyl (C=O) groups is 1. The van der Waals surface area contributed by atoms with E-state index in [2.05, 4.69) is 20.4 Å². The number of amides is 1. The highest BCUT2D eigenvalue weighted by atomic mass is 32.2. The Labute approximate surface area is 140 Å². The van der Waals surface area contributed by atoms with Crippen molar-refractivity contribution in [2.75, 3.05) is 5.32 Å². The Balaban J connectivity index is 2.05. The molecule has 24 heavy (non-hydrogen) atoms. The fraction of sp³-hybridized carbons (Fsp3) is 0.429. The van der Waals surface area contributed by atoms with Crippen LogP contribution in [-0.4, -0.2) is 30.9 Å². The van der Waals surface area contributed by atoms with Crippen molar-refractivity contribution in [2.45, 2.75) is 43.4 Å². The number of alkyl halides is 3. The summed E-state index contributed by atoms with van der Waals surface area (Å²) in [5, 5.41) is 6.01. The summed E-state index contributed by atoms with van der Waals surface area (Å²) >= 11 is 0.854. The highest BCUT2D eigenvalue weighted by Crippen LogP contribution is 2.29. The first kappa shape index (κ1) is 18.2. The molecule has 1 N–H and O–H groups in total. The summed E-state index contributed by atoms with van der Waals surface area (Å²) in [6.07, 6.45) is -1.96. The normalized spacial score (nSPS) is 13.1. The van der Waals surface area contributed by atoms with Crippen molar-refractivity contribution in [3.8, 4) is 0 Å². The predicted molar refractivity (Wildman–Crippen MR) is 83.6 cm³/mol. The Morgan fingerprint density at radius 3 is 2.58 bits per heavy atom. The quantitative estimate of drug-likeness (QED) is 0.654. The molecule has 0 saturated heterocycles. The molecule has 1 unspecified atom stereocenters. The van der Waals surface area contributed by atoms with Crippen molar-refractivity contribution in [2.24, 2.45) is 0 Å². The van der Waals surface area contributed by atoms with Crippen molar-refractivity contribution >= 4 is 23.5 Å². The van der Waals surface area contributed by atoms with Gasteiger partial charge < -0.3 is 5.32 Å². The molecule has 2 aromatic rings. The Hall–Kier alpha value is -2.10. The van der Waals surface area contributed by atoms with E-state index in [1.807, 2.05) is 13.8 Å². The topological polar surface area (TPSA) is 72.7 Å². The molecule has 0 bridgehead atoms. The zero-order chi connectivity index (χ0) is 17.9. The minimum atomic E-state index is -4.55. The molecule has 2 aromatic heterocycles. The van der Waals surface area contributed by atoms with Gasteiger partial charge in [0.05, 0.1) is 11.4 Å². The van der Waals surface area contributed by atoms with Crippen LogP contribution in [0.2, 0.25) is 0 Å². The molecule has 130 valence electrons. The van der Waals surface area contributed by atoms with E-state index >= 15 is 0 Å². The van der Waals surface area contributed by atoms with Crippen LogP contribution in [0.1, 0.15) is 32.5 Å². The standard InChI is InChI=1S/C14H16F3N5OS/c1-8(2)22-11(5-7-19-22)21-12(23)9(3)24-13-18-6-4-10(20-13)14(15,16)17/h4-9H,1-3H3,(H,21,23). The molecule has 0 aliphatic heterocycles. The van der Waals surface area contributed by atoms with Gasteiger partial charge in [0.2, 0.25) is 5.91 Å². The highest BCUT2D eigenvalue weighted by Gasteiger charge is 2.33. The summed E-state index contributed by atoms with van der Waals surface area (Å²) in [6, 6.07) is 2.50. The van der Waals surface area contributed by atoms with Crippen molar-refractivity contribution in [3.05, 3.63) is 30.2 Å². The second-order valence-electron chi connectivity index (χ2n) is 5.23. The number of rotatable bonds is 5. The highest BCUT2D eigenvalue weighted by molar-refractivity contribution is 8.00. The van der Waals surface area contributed by atoms with E-state index in [0.29, 0.717) is 5.82 Å². The molecule has 2 rings (SSSR count). The van der Waals surface area contributed by atoms with Crippen LogP contribution in [0.25, 0.3) is 0 Å². The first-order valence-electron chi connectivity index (χ1n) is 7.09. The first-order chi connectivity index (χ1) is 11.2. The minimum Gasteiger partial charge on any atom is -0.310 e. The summed E-state index contributed by atoms with van der Waals surface area (Å²) < 4.78 is 39.6. The molecule has 0 fully saturated rings. The zero-order valence-electron chi connectivity index (χ0n) is 13.2. The summed E-state index contributed by atoms with van der Waals surface area (Å²) in [4.78, 5) is 19.4. The van der Waals surface area contributed by atoms with Crippen LogP contribution in [0.15, 0.2) is 29.7 Å². The lowest BCUT2D eigenvalue weighted by Crippen LogP contribution is -2.25. The van der Waals surface area contributed by atoms with E-state index in [9.17, 15) is 18.0 Å². The van der Waals surface area contributed by atoms with Gasteiger partial charge in [-0.3, -0.25) is 4.79 Å². The third kappa shape index (κ3) is 4.47. The summed E-state index contributed by atoms with van der Waals surface area (Å²) in [7, 11) is 0. The molecule has 2 heterocycles. The van der Waals surface area contributed by atoms with Crippen LogP contribution in [-0.2, 0) is 11.0 Å². The largest absolute Gasteiger partial charge is 0.433 e. The van der Waals surface area contributed by atoms with Gasteiger partial charge in [0.25, 0.3) is 0 Å². The lowest BCUT2D eigenvalue weighted by Gasteiger charge is -2.14. The molecular weight excluding hydrogens is 343 g/mol. The van der Waals surface area contributed by atoms with Crippen molar-refractivity contribution in [3.63, 3.8) is 0 Å². The van der Waals surface area contributed by atoms with Crippen molar-refractivity contribution < 1.29 is 18.0 Å². The second-order valence-corrected chi connectivity index (χ2v) is 6.53. The van der Waals surface area contributed by atoms with Gasteiger partial charge in [-0.05, 0) is 26.8 Å². The average molecular weight is 359 g/mol. The van der Waals surface area contributed by atoms with Gasteiger partial charge >= 0.3 is 6.18 Å². The summed E-state index contributed by atoms with van der Waals surface area (Å²) in [5.41, 5.74) is -1.04. The average Bonchev–Trinajstić information content (AvgIpc) is 2.95. The monoisotopic (exact) mass is 359 g/mol. The lowest BCUT2D eigenvalue weighted by atomic mass is 10.4. The van der Waals surface area contributed by atoms with Gasteiger partial charge in [-0.25, -0.2) is 14.6 Å². The number of anilines is 1. The number of halogens is 3. The Bertz CT molecular complexity index is 716. The lowest BCUT2D eigenvalue weighted by molar-refractivity contribution is -0.141. The van der Waals surface area contributed by atoms with E-state index in [0.717, 1.165) is 24.0 Å². The number of hydrogen-bond donors (Lipinski definition) is 1. The van der Waals surface area contributed by atoms with E-state index < -0.39 is 17.1 Å². The van der Waals surface area contributed by atoms with Crippen LogP contribution in [0, 0.1) is 0 Å². The van der Waals surface area contributed by atoms with Gasteiger partial charge in [-0.1, -0.05) is 11.8 Å². The fourth-order valence-corrected chi connectivity index (χ4v) is 2.57. The molecule has 0 saturated carbocycles. The number of hydrogen-bond acceptors (Lipinski definition) is 5. The first-order valence-corrected chi connectivity index (χ1v) is 7.97. The molecule has 10 heteroatoms. The van der Waals surface area contributed by atoms with Crippen LogP contribution in [0.4, 0.5) is 19.0 Å². The van der Waals surface area contributed by atoms with E-state index in [1.165, 1.54) is 0 Å². The molecule has 6 nitrogen and oxygen atoms in total. The summed E-state index contributed by atoms with van der Waals surface area (Å²) in [6.45, 7) is 5.40. The maximum atomic E-state index is 12.6. The fourth-order valence-electron chi connectivity index (χ4n) is 1.82. The van der Waals surface area contributed by atoms with Crippen LogP contribution < -0.4 is 5.32 Å². The van der Waals surface area contributed by atoms with E-state index in [1.54, 1.807) is 23.9 Å². The van der Waals surface area contributed by atoms with Crippen molar-refractivity contribution in [1.82, 2.24) is 19.7 Å². The number of carbonyl (C=O) groups excluding carboxylic acids is 1. The SMILES string of the molecule is CC(Sc1nccc(C(F)(F)F)n1)C(=O)Nc1ccnn1C(C)C. The molecule has 1 atom stereocenters. The molecule has 0 aromatic carbocycles. The van der Waals surface area contributed by atoms with Gasteiger partial charge in [0, 0.05) is 18.3 Å². The van der Waals surface area contributed by atoms with Gasteiger partial charge in [-0.2, -0.15) is 18.3 Å². The Morgan fingerprint density at radius 2 is 1.96 bits per heavy atom. The maximum absolute atomic E-state index is 12.6. The van der Waals surface area contributed by atoms with Gasteiger partial charge in [-0.15, -0.1) is 0 Å². The Kier molecular flexibility index (Phi) is 5.47. The second kappa shape index (κ2) is 7.20. The van der Waals surface area contributed by atoms with Crippen LogP contribution in [0.3, 0.4) is 0 Å².